The molecule has 0 saturated carbocycles. The van der Waals surface area contributed by atoms with Gasteiger partial charge in [0.05, 0.1) is 11.0 Å². The largest absolute Gasteiger partial charge is 0.313 e. The van der Waals surface area contributed by atoms with Crippen LogP contribution >= 0.6 is 11.8 Å². The first kappa shape index (κ1) is 14.9. The number of nitrogens with zero attached hydrogens (tertiary/aromatic N) is 1. The van der Waals surface area contributed by atoms with Crippen molar-refractivity contribution < 1.29 is 9.31 Å². The molecule has 0 amide bonds. The predicted molar refractivity (Wildman–Crippen MR) is 72.4 cm³/mol. The maximum atomic E-state index is 13.1. The van der Waals surface area contributed by atoms with E-state index in [1.54, 1.807) is 0 Å². The molecule has 1 N–H and O–H groups in total. The molecular formula is C12H17FN2O2S. The van der Waals surface area contributed by atoms with Crippen molar-refractivity contribution in [1.82, 2.24) is 5.32 Å². The zero-order chi connectivity index (χ0) is 13.4. The molecule has 100 valence electrons. The van der Waals surface area contributed by atoms with Crippen LogP contribution in [0.15, 0.2) is 18.2 Å². The number of thioether (sulfide) groups is 1. The van der Waals surface area contributed by atoms with Crippen molar-refractivity contribution in [2.45, 2.75) is 19.4 Å². The van der Waals surface area contributed by atoms with Crippen molar-refractivity contribution in [1.29, 1.82) is 0 Å². The topological polar surface area (TPSA) is 55.2 Å². The van der Waals surface area contributed by atoms with Gasteiger partial charge >= 0.3 is 0 Å². The van der Waals surface area contributed by atoms with Crippen LogP contribution in [0.4, 0.5) is 10.1 Å². The van der Waals surface area contributed by atoms with Crippen LogP contribution in [-0.4, -0.2) is 23.5 Å². The molecule has 0 saturated heterocycles. The van der Waals surface area contributed by atoms with Crippen molar-refractivity contribution in [2.75, 3.05) is 18.6 Å². The number of unbranched alkanes of at least 4 members (excludes halogenated alkanes) is 1. The minimum absolute atomic E-state index is 0.200. The normalized spacial score (nSPS) is 10.6. The number of hydrogen-bond acceptors (Lipinski definition) is 4. The Bertz CT molecular complexity index is 402. The summed E-state index contributed by atoms with van der Waals surface area (Å²) in [5.74, 6) is 0.566. The Labute approximate surface area is 110 Å². The molecule has 0 aliphatic heterocycles. The van der Waals surface area contributed by atoms with Crippen molar-refractivity contribution in [3.8, 4) is 0 Å². The smallest absolute Gasteiger partial charge is 0.272 e. The first-order valence-electron chi connectivity index (χ1n) is 5.77. The summed E-state index contributed by atoms with van der Waals surface area (Å²) in [5.41, 5.74) is 0.403. The highest BCUT2D eigenvalue weighted by molar-refractivity contribution is 7.98. The van der Waals surface area contributed by atoms with E-state index < -0.39 is 10.7 Å². The quantitative estimate of drug-likeness (QED) is 0.449. The summed E-state index contributed by atoms with van der Waals surface area (Å²) in [7, 11) is 0. The summed E-state index contributed by atoms with van der Waals surface area (Å²) in [6, 6.07) is 3.65. The fourth-order valence-corrected chi connectivity index (χ4v) is 2.06. The molecule has 4 nitrogen and oxygen atoms in total. The number of nitro benzene ring substituents is 1. The predicted octanol–water partition coefficient (Wildman–Crippen LogP) is 2.97. The molecule has 1 rings (SSSR count). The third-order valence-corrected chi connectivity index (χ3v) is 3.13. The van der Waals surface area contributed by atoms with Crippen molar-refractivity contribution in [3.05, 3.63) is 39.7 Å². The summed E-state index contributed by atoms with van der Waals surface area (Å²) < 4.78 is 13.1. The molecule has 0 spiro atoms. The zero-order valence-electron chi connectivity index (χ0n) is 10.3. The molecule has 6 heteroatoms. The van der Waals surface area contributed by atoms with Gasteiger partial charge in [0.2, 0.25) is 0 Å². The van der Waals surface area contributed by atoms with Crippen LogP contribution < -0.4 is 5.32 Å². The molecular weight excluding hydrogens is 255 g/mol. The van der Waals surface area contributed by atoms with Gasteiger partial charge in [-0.1, -0.05) is 0 Å². The summed E-state index contributed by atoms with van der Waals surface area (Å²) in [4.78, 5) is 9.99. The number of nitro groups is 1. The number of hydrogen-bond donors (Lipinski definition) is 1. The molecule has 0 bridgehead atoms. The van der Waals surface area contributed by atoms with Crippen LogP contribution in [0.25, 0.3) is 0 Å². The second-order valence-corrected chi connectivity index (χ2v) is 4.94. The Morgan fingerprint density at radius 2 is 2.17 bits per heavy atom. The fourth-order valence-electron chi connectivity index (χ4n) is 1.57. The van der Waals surface area contributed by atoms with Gasteiger partial charge in [0.25, 0.3) is 5.69 Å². The summed E-state index contributed by atoms with van der Waals surface area (Å²) in [6.07, 6.45) is 4.26. The van der Waals surface area contributed by atoms with E-state index in [9.17, 15) is 14.5 Å². The van der Waals surface area contributed by atoms with Gasteiger partial charge in [-0.15, -0.1) is 0 Å². The van der Waals surface area contributed by atoms with Crippen LogP contribution in [0.2, 0.25) is 0 Å². The summed E-state index contributed by atoms with van der Waals surface area (Å²) in [6.45, 7) is 1.29. The maximum Gasteiger partial charge on any atom is 0.272 e. The zero-order valence-corrected chi connectivity index (χ0v) is 11.1. The van der Waals surface area contributed by atoms with E-state index in [1.165, 1.54) is 12.1 Å². The molecule has 1 aromatic rings. The maximum absolute atomic E-state index is 13.1. The molecule has 0 unspecified atom stereocenters. The molecule has 0 heterocycles. The second-order valence-electron chi connectivity index (χ2n) is 3.95. The van der Waals surface area contributed by atoms with Gasteiger partial charge in [-0.2, -0.15) is 11.8 Å². The van der Waals surface area contributed by atoms with Gasteiger partial charge in [-0.25, -0.2) is 4.39 Å². The number of rotatable bonds is 8. The SMILES string of the molecule is CSCCCCNCc1cc(F)cc([N+](=O)[O-])c1. The third kappa shape index (κ3) is 5.46. The van der Waals surface area contributed by atoms with E-state index in [2.05, 4.69) is 11.6 Å². The lowest BCUT2D eigenvalue weighted by Crippen LogP contribution is -2.15. The molecule has 18 heavy (non-hydrogen) atoms. The van der Waals surface area contributed by atoms with E-state index in [4.69, 9.17) is 0 Å². The van der Waals surface area contributed by atoms with E-state index in [1.807, 2.05) is 11.8 Å². The average molecular weight is 272 g/mol. The van der Waals surface area contributed by atoms with Gasteiger partial charge < -0.3 is 5.32 Å². The highest BCUT2D eigenvalue weighted by Gasteiger charge is 2.09. The standard InChI is InChI=1S/C12H17FN2O2S/c1-18-5-3-2-4-14-9-10-6-11(13)8-12(7-10)15(16)17/h6-8,14H,2-5,9H2,1H3. The Kier molecular flexibility index (Phi) is 6.67. The molecule has 0 atom stereocenters. The molecule has 0 fully saturated rings. The van der Waals surface area contributed by atoms with E-state index in [0.717, 1.165) is 31.2 Å². The Balaban J connectivity index is 2.40. The molecule has 1 aromatic carbocycles. The number of nitrogens with one attached hydrogen (secondary N) is 1. The Hall–Kier alpha value is -1.14. The van der Waals surface area contributed by atoms with Crippen LogP contribution in [0, 0.1) is 15.9 Å². The van der Waals surface area contributed by atoms with Gasteiger partial charge in [-0.05, 0) is 43.0 Å². The fraction of sp³-hybridized carbons (Fsp3) is 0.500. The second kappa shape index (κ2) is 8.05. The number of halogens is 1. The highest BCUT2D eigenvalue weighted by Crippen LogP contribution is 2.16. The molecule has 0 aliphatic rings. The lowest BCUT2D eigenvalue weighted by atomic mass is 10.2. The van der Waals surface area contributed by atoms with Gasteiger partial charge in [0, 0.05) is 12.6 Å². The molecule has 0 aromatic heterocycles. The monoisotopic (exact) mass is 272 g/mol. The van der Waals surface area contributed by atoms with Crippen molar-refractivity contribution in [3.63, 3.8) is 0 Å². The third-order valence-electron chi connectivity index (χ3n) is 2.43. The molecule has 0 aliphatic carbocycles. The van der Waals surface area contributed by atoms with Crippen LogP contribution in [0.1, 0.15) is 18.4 Å². The first-order chi connectivity index (χ1) is 8.63. The van der Waals surface area contributed by atoms with Crippen LogP contribution in [0.5, 0.6) is 0 Å². The average Bonchev–Trinajstić information content (AvgIpc) is 2.33. The minimum Gasteiger partial charge on any atom is -0.313 e. The van der Waals surface area contributed by atoms with Crippen LogP contribution in [0.3, 0.4) is 0 Å². The van der Waals surface area contributed by atoms with E-state index in [-0.39, 0.29) is 5.69 Å². The van der Waals surface area contributed by atoms with E-state index in [0.29, 0.717) is 12.1 Å². The Morgan fingerprint density at radius 1 is 1.39 bits per heavy atom. The lowest BCUT2D eigenvalue weighted by molar-refractivity contribution is -0.385. The van der Waals surface area contributed by atoms with Gasteiger partial charge in [-0.3, -0.25) is 10.1 Å². The van der Waals surface area contributed by atoms with Crippen LogP contribution in [-0.2, 0) is 6.54 Å². The van der Waals surface area contributed by atoms with Gasteiger partial charge in [0.1, 0.15) is 5.82 Å². The minimum atomic E-state index is -0.578. The highest BCUT2D eigenvalue weighted by atomic mass is 32.2. The van der Waals surface area contributed by atoms with Gasteiger partial charge in [0.15, 0.2) is 0 Å². The van der Waals surface area contributed by atoms with E-state index >= 15 is 0 Å². The summed E-state index contributed by atoms with van der Waals surface area (Å²) >= 11 is 1.81. The number of non-ortho nitro benzene ring substituents is 1. The Morgan fingerprint density at radius 3 is 2.83 bits per heavy atom. The number of benzene rings is 1. The van der Waals surface area contributed by atoms with Crippen molar-refractivity contribution in [2.24, 2.45) is 0 Å². The molecule has 0 radical (unpaired) electrons. The van der Waals surface area contributed by atoms with Crippen molar-refractivity contribution >= 4 is 17.4 Å². The lowest BCUT2D eigenvalue weighted by Gasteiger charge is -2.05. The first-order valence-corrected chi connectivity index (χ1v) is 7.16. The summed E-state index contributed by atoms with van der Waals surface area (Å²) in [5, 5.41) is 13.7.